The number of hydrogen-bond acceptors (Lipinski definition) is 6. The highest BCUT2D eigenvalue weighted by Gasteiger charge is 2.22. The Bertz CT molecular complexity index is 718. The monoisotopic (exact) mass is 374 g/mol. The van der Waals surface area contributed by atoms with E-state index in [9.17, 15) is 9.59 Å². The first kappa shape index (κ1) is 17.5. The minimum Gasteiger partial charge on any atom is -0.388 e. The van der Waals surface area contributed by atoms with E-state index in [4.69, 9.17) is 33.7 Å². The van der Waals surface area contributed by atoms with Gasteiger partial charge >= 0.3 is 6.09 Å². The predicted octanol–water partition coefficient (Wildman–Crippen LogP) is 2.82. The van der Waals surface area contributed by atoms with Crippen molar-refractivity contribution >= 4 is 46.9 Å². The molecule has 23 heavy (non-hydrogen) atoms. The van der Waals surface area contributed by atoms with Crippen molar-refractivity contribution < 1.29 is 14.3 Å². The third-order valence-electron chi connectivity index (χ3n) is 2.85. The molecular weight excluding hydrogens is 363 g/mol. The highest BCUT2D eigenvalue weighted by molar-refractivity contribution is 6.99. The summed E-state index contributed by atoms with van der Waals surface area (Å²) in [5.41, 5.74) is 5.76. The van der Waals surface area contributed by atoms with Crippen molar-refractivity contribution in [2.75, 3.05) is 13.6 Å². The highest BCUT2D eigenvalue weighted by Crippen LogP contribution is 2.38. The molecule has 2 amide bonds. The average Bonchev–Trinajstić information content (AvgIpc) is 2.92. The lowest BCUT2D eigenvalue weighted by Gasteiger charge is -2.15. The normalized spacial score (nSPS) is 10.4. The molecule has 0 atom stereocenters. The number of aromatic nitrogens is 2. The van der Waals surface area contributed by atoms with Crippen LogP contribution in [0.5, 0.6) is 5.88 Å². The van der Waals surface area contributed by atoms with Gasteiger partial charge in [-0.1, -0.05) is 29.3 Å². The Morgan fingerprint density at radius 1 is 1.30 bits per heavy atom. The Morgan fingerprint density at radius 2 is 1.96 bits per heavy atom. The molecule has 2 N–H and O–H groups in total. The van der Waals surface area contributed by atoms with Crippen LogP contribution in [0.25, 0.3) is 11.3 Å². The predicted molar refractivity (Wildman–Crippen MR) is 87.8 cm³/mol. The Morgan fingerprint density at radius 3 is 2.57 bits per heavy atom. The molecule has 0 spiro atoms. The molecule has 0 fully saturated rings. The molecule has 122 valence electrons. The topological polar surface area (TPSA) is 98.4 Å². The Balaban J connectivity index is 2.19. The van der Waals surface area contributed by atoms with E-state index in [1.165, 1.54) is 11.9 Å². The third kappa shape index (κ3) is 4.31. The number of rotatable bonds is 5. The van der Waals surface area contributed by atoms with Crippen molar-refractivity contribution in [3.8, 4) is 17.1 Å². The van der Waals surface area contributed by atoms with Crippen LogP contribution in [0.4, 0.5) is 4.79 Å². The number of carbonyl (C=O) groups excluding carboxylic acids is 2. The van der Waals surface area contributed by atoms with E-state index in [1.807, 2.05) is 0 Å². The van der Waals surface area contributed by atoms with Gasteiger partial charge in [0.2, 0.25) is 5.91 Å². The molecule has 2 rings (SSSR count). The summed E-state index contributed by atoms with van der Waals surface area (Å²) in [6.45, 7) is 0.133. The lowest BCUT2D eigenvalue weighted by molar-refractivity contribution is -0.118. The zero-order valence-electron chi connectivity index (χ0n) is 12.0. The van der Waals surface area contributed by atoms with E-state index >= 15 is 0 Å². The summed E-state index contributed by atoms with van der Waals surface area (Å²) >= 11 is 13.1. The van der Waals surface area contributed by atoms with Crippen molar-refractivity contribution in [3.63, 3.8) is 0 Å². The SMILES string of the molecule is CN(CCC(N)=O)C(=O)Oc1nsnc1-c1c(Cl)cccc1Cl. The van der Waals surface area contributed by atoms with Crippen LogP contribution >= 0.6 is 34.9 Å². The van der Waals surface area contributed by atoms with Gasteiger partial charge in [0.25, 0.3) is 5.88 Å². The van der Waals surface area contributed by atoms with Crippen LogP contribution in [-0.4, -0.2) is 39.2 Å². The summed E-state index contributed by atoms with van der Waals surface area (Å²) in [7, 11) is 1.48. The number of halogens is 2. The van der Waals surface area contributed by atoms with E-state index in [0.717, 1.165) is 11.7 Å². The quantitative estimate of drug-likeness (QED) is 0.867. The molecule has 0 unspecified atom stereocenters. The molecule has 0 bridgehead atoms. The molecule has 0 aliphatic carbocycles. The van der Waals surface area contributed by atoms with E-state index in [0.29, 0.717) is 15.6 Å². The smallest absolute Gasteiger partial charge is 0.388 e. The molecule has 7 nitrogen and oxygen atoms in total. The van der Waals surface area contributed by atoms with Crippen LogP contribution in [0.15, 0.2) is 18.2 Å². The zero-order valence-corrected chi connectivity index (χ0v) is 14.3. The number of benzene rings is 1. The second-order valence-corrected chi connectivity index (χ2v) is 5.86. The lowest BCUT2D eigenvalue weighted by Crippen LogP contribution is -2.32. The molecule has 10 heteroatoms. The van der Waals surface area contributed by atoms with Gasteiger partial charge in [-0.05, 0) is 12.1 Å². The molecular formula is C13H12Cl2N4O3S. The van der Waals surface area contributed by atoms with Crippen LogP contribution in [0.1, 0.15) is 6.42 Å². The fourth-order valence-electron chi connectivity index (χ4n) is 1.65. The number of amides is 2. The molecule has 2 aromatic rings. The van der Waals surface area contributed by atoms with E-state index in [-0.39, 0.29) is 24.5 Å². The van der Waals surface area contributed by atoms with Gasteiger partial charge < -0.3 is 15.4 Å². The number of nitrogens with two attached hydrogens (primary N) is 1. The van der Waals surface area contributed by atoms with Crippen LogP contribution in [0, 0.1) is 0 Å². The molecule has 1 aromatic carbocycles. The van der Waals surface area contributed by atoms with Gasteiger partial charge in [0.05, 0.1) is 21.8 Å². The second-order valence-electron chi connectivity index (χ2n) is 4.52. The van der Waals surface area contributed by atoms with Crippen molar-refractivity contribution in [2.45, 2.75) is 6.42 Å². The Hall–Kier alpha value is -1.90. The van der Waals surface area contributed by atoms with Crippen molar-refractivity contribution in [1.82, 2.24) is 13.6 Å². The molecule has 0 saturated carbocycles. The van der Waals surface area contributed by atoms with Crippen molar-refractivity contribution in [2.24, 2.45) is 5.73 Å². The van der Waals surface area contributed by atoms with Crippen LogP contribution in [-0.2, 0) is 4.79 Å². The Labute approximate surface area is 146 Å². The second kappa shape index (κ2) is 7.58. The summed E-state index contributed by atoms with van der Waals surface area (Å²) in [5, 5.41) is 0.731. The maximum absolute atomic E-state index is 12.0. The van der Waals surface area contributed by atoms with Gasteiger partial charge in [0, 0.05) is 25.6 Å². The van der Waals surface area contributed by atoms with Crippen LogP contribution in [0.2, 0.25) is 10.0 Å². The van der Waals surface area contributed by atoms with E-state index in [1.54, 1.807) is 18.2 Å². The van der Waals surface area contributed by atoms with Crippen LogP contribution in [0.3, 0.4) is 0 Å². The molecule has 1 heterocycles. The van der Waals surface area contributed by atoms with Gasteiger partial charge in [0.1, 0.15) is 0 Å². The molecule has 1 aromatic heterocycles. The van der Waals surface area contributed by atoms with Crippen molar-refractivity contribution in [1.29, 1.82) is 0 Å². The summed E-state index contributed by atoms with van der Waals surface area (Å²) in [6, 6.07) is 4.98. The Kier molecular flexibility index (Phi) is 5.75. The van der Waals surface area contributed by atoms with Crippen LogP contribution < -0.4 is 10.5 Å². The maximum Gasteiger partial charge on any atom is 0.416 e. The van der Waals surface area contributed by atoms with Gasteiger partial charge in [-0.25, -0.2) is 4.79 Å². The lowest BCUT2D eigenvalue weighted by atomic mass is 10.1. The third-order valence-corrected chi connectivity index (χ3v) is 3.99. The summed E-state index contributed by atoms with van der Waals surface area (Å²) < 4.78 is 13.2. The maximum atomic E-state index is 12.0. The highest BCUT2D eigenvalue weighted by atomic mass is 35.5. The van der Waals surface area contributed by atoms with E-state index < -0.39 is 12.0 Å². The molecule has 0 aliphatic heterocycles. The first-order valence-electron chi connectivity index (χ1n) is 6.38. The number of hydrogen-bond donors (Lipinski definition) is 1. The van der Waals surface area contributed by atoms with Gasteiger partial charge in [-0.15, -0.1) is 4.37 Å². The zero-order chi connectivity index (χ0) is 17.0. The number of carbonyl (C=O) groups is 2. The number of nitrogens with zero attached hydrogens (tertiary/aromatic N) is 3. The summed E-state index contributed by atoms with van der Waals surface area (Å²) in [6.07, 6.45) is -0.659. The molecule has 0 saturated heterocycles. The minimum atomic E-state index is -0.691. The first-order valence-corrected chi connectivity index (χ1v) is 7.87. The van der Waals surface area contributed by atoms with Crippen molar-refractivity contribution in [3.05, 3.63) is 28.2 Å². The number of primary amides is 1. The fourth-order valence-corrected chi connectivity index (χ4v) is 2.72. The van der Waals surface area contributed by atoms with Gasteiger partial charge in [0.15, 0.2) is 5.69 Å². The summed E-state index contributed by atoms with van der Waals surface area (Å²) in [4.78, 5) is 24.0. The first-order chi connectivity index (χ1) is 10.9. The molecule has 0 radical (unpaired) electrons. The van der Waals surface area contributed by atoms with Gasteiger partial charge in [-0.2, -0.15) is 4.37 Å². The average molecular weight is 375 g/mol. The fraction of sp³-hybridized carbons (Fsp3) is 0.231. The number of ether oxygens (including phenoxy) is 1. The minimum absolute atomic E-state index is 0.000856. The molecule has 0 aliphatic rings. The summed E-state index contributed by atoms with van der Waals surface area (Å²) in [5.74, 6) is -0.510. The van der Waals surface area contributed by atoms with E-state index in [2.05, 4.69) is 8.75 Å². The standard InChI is InChI=1S/C13H12Cl2N4O3S/c1-19(6-5-9(16)20)13(21)22-12-11(17-23-18-12)10-7(14)3-2-4-8(10)15/h2-4H,5-6H2,1H3,(H2,16,20). The largest absolute Gasteiger partial charge is 0.416 e. The van der Waals surface area contributed by atoms with Gasteiger partial charge in [-0.3, -0.25) is 4.79 Å².